The van der Waals surface area contributed by atoms with Crippen molar-refractivity contribution >= 4 is 33.2 Å². The molecule has 192 valence electrons. The smallest absolute Gasteiger partial charge is 0.416 e. The molecule has 0 spiro atoms. The van der Waals surface area contributed by atoms with Gasteiger partial charge in [0.05, 0.1) is 15.5 Å². The first-order chi connectivity index (χ1) is 16.9. The molecule has 0 fully saturated rings. The molecule has 0 heterocycles. The normalized spacial score (nSPS) is 12.6. The maximum atomic E-state index is 12.9. The van der Waals surface area contributed by atoms with Crippen LogP contribution in [-0.2, 0) is 27.4 Å². The summed E-state index contributed by atoms with van der Waals surface area (Å²) in [5.74, 6) is -0.281. The van der Waals surface area contributed by atoms with E-state index in [2.05, 4.69) is 10.0 Å². The lowest BCUT2D eigenvalue weighted by Crippen LogP contribution is -2.36. The number of anilines is 1. The van der Waals surface area contributed by atoms with Crippen molar-refractivity contribution in [2.45, 2.75) is 36.9 Å². The Hall–Kier alpha value is -3.24. The lowest BCUT2D eigenvalue weighted by molar-refractivity contribution is -0.137. The van der Waals surface area contributed by atoms with Gasteiger partial charge in [-0.1, -0.05) is 48.0 Å². The Morgan fingerprint density at radius 1 is 1.03 bits per heavy atom. The first-order valence-corrected chi connectivity index (χ1v) is 12.8. The topological polar surface area (TPSA) is 84.5 Å². The molecule has 2 N–H and O–H groups in total. The van der Waals surface area contributed by atoms with E-state index >= 15 is 0 Å². The molecule has 0 saturated carbocycles. The molecular weight excluding hydrogens is 517 g/mol. The molecule has 0 aromatic heterocycles. The number of amides is 1. The van der Waals surface area contributed by atoms with Crippen LogP contribution in [0.1, 0.15) is 24.5 Å². The molecule has 0 bridgehead atoms. The van der Waals surface area contributed by atoms with Crippen molar-refractivity contribution in [2.75, 3.05) is 11.3 Å². The van der Waals surface area contributed by atoms with Crippen molar-refractivity contribution in [3.05, 3.63) is 88.9 Å². The molecule has 3 aromatic carbocycles. The van der Waals surface area contributed by atoms with Crippen molar-refractivity contribution in [1.82, 2.24) is 5.32 Å². The second-order valence-corrected chi connectivity index (χ2v) is 10.1. The number of sulfonamides is 1. The van der Waals surface area contributed by atoms with Crippen molar-refractivity contribution < 1.29 is 31.1 Å². The van der Waals surface area contributed by atoms with Gasteiger partial charge in [-0.15, -0.1) is 0 Å². The van der Waals surface area contributed by atoms with Crippen LogP contribution in [-0.4, -0.2) is 27.0 Å². The Kier molecular flexibility index (Phi) is 8.86. The first kappa shape index (κ1) is 27.3. The number of aryl methyl sites for hydroxylation is 1. The first-order valence-electron chi connectivity index (χ1n) is 10.9. The largest absolute Gasteiger partial charge is 0.482 e. The number of hydrogen-bond acceptors (Lipinski definition) is 4. The monoisotopic (exact) mass is 540 g/mol. The number of benzene rings is 3. The average Bonchev–Trinajstić information content (AvgIpc) is 2.82. The van der Waals surface area contributed by atoms with Gasteiger partial charge in [-0.2, -0.15) is 13.2 Å². The zero-order chi connectivity index (χ0) is 26.3. The zero-order valence-electron chi connectivity index (χ0n) is 19.2. The summed E-state index contributed by atoms with van der Waals surface area (Å²) in [6.07, 6.45) is -3.07. The average molecular weight is 541 g/mol. The van der Waals surface area contributed by atoms with Crippen LogP contribution in [0.15, 0.2) is 77.7 Å². The molecule has 0 saturated heterocycles. The lowest BCUT2D eigenvalue weighted by atomic mass is 10.1. The van der Waals surface area contributed by atoms with Crippen LogP contribution < -0.4 is 14.8 Å². The molecule has 1 atom stereocenters. The lowest BCUT2D eigenvalue weighted by Gasteiger charge is -2.15. The number of ether oxygens (including phenoxy) is 1. The fraction of sp³-hybridized carbons (Fsp3) is 0.240. The summed E-state index contributed by atoms with van der Waals surface area (Å²) in [6.45, 7) is 1.55. The molecule has 36 heavy (non-hydrogen) atoms. The fourth-order valence-corrected chi connectivity index (χ4v) is 4.67. The van der Waals surface area contributed by atoms with Gasteiger partial charge in [0, 0.05) is 11.7 Å². The molecule has 1 amide bonds. The SMILES string of the molecule is C[C@H](CCc1ccccc1)NC(=O)COc1ccc(S(=O)(=O)Nc2cccc(C(F)(F)F)c2)cc1Cl. The molecule has 0 aliphatic rings. The quantitative estimate of drug-likeness (QED) is 0.347. The van der Waals surface area contributed by atoms with Gasteiger partial charge in [-0.25, -0.2) is 8.42 Å². The Morgan fingerprint density at radius 2 is 1.75 bits per heavy atom. The van der Waals surface area contributed by atoms with Crippen LogP contribution in [0.5, 0.6) is 5.75 Å². The number of carbonyl (C=O) groups is 1. The van der Waals surface area contributed by atoms with Crippen molar-refractivity contribution in [3.8, 4) is 5.75 Å². The third-order valence-corrected chi connectivity index (χ3v) is 6.81. The molecule has 0 aliphatic carbocycles. The predicted octanol–water partition coefficient (Wildman–Crippen LogP) is 5.68. The number of carbonyl (C=O) groups excluding carboxylic acids is 1. The summed E-state index contributed by atoms with van der Waals surface area (Å²) in [4.78, 5) is 11.9. The summed E-state index contributed by atoms with van der Waals surface area (Å²) in [7, 11) is -4.23. The van der Waals surface area contributed by atoms with E-state index in [1.54, 1.807) is 0 Å². The Bertz CT molecular complexity index is 1300. The summed E-state index contributed by atoms with van der Waals surface area (Å²) in [5.41, 5.74) is -0.0734. The van der Waals surface area contributed by atoms with E-state index in [0.717, 1.165) is 31.0 Å². The van der Waals surface area contributed by atoms with Crippen molar-refractivity contribution in [2.24, 2.45) is 0 Å². The third kappa shape index (κ3) is 7.89. The second-order valence-electron chi connectivity index (χ2n) is 8.06. The second kappa shape index (κ2) is 11.7. The number of alkyl halides is 3. The van der Waals surface area contributed by atoms with Crippen LogP contribution in [0.3, 0.4) is 0 Å². The highest BCUT2D eigenvalue weighted by Crippen LogP contribution is 2.32. The molecule has 6 nitrogen and oxygen atoms in total. The van der Waals surface area contributed by atoms with E-state index in [-0.39, 0.29) is 39.9 Å². The van der Waals surface area contributed by atoms with Gasteiger partial charge in [0.25, 0.3) is 15.9 Å². The van der Waals surface area contributed by atoms with Crippen LogP contribution in [0, 0.1) is 0 Å². The molecule has 0 unspecified atom stereocenters. The van der Waals surface area contributed by atoms with Crippen LogP contribution in [0.25, 0.3) is 0 Å². The number of halogens is 4. The van der Waals surface area contributed by atoms with Crippen molar-refractivity contribution in [1.29, 1.82) is 0 Å². The van der Waals surface area contributed by atoms with Gasteiger partial charge in [0.15, 0.2) is 6.61 Å². The van der Waals surface area contributed by atoms with E-state index in [1.165, 1.54) is 23.8 Å². The van der Waals surface area contributed by atoms with Gasteiger partial charge >= 0.3 is 6.18 Å². The summed E-state index contributed by atoms with van der Waals surface area (Å²) < 4.78 is 71.4. The number of rotatable bonds is 10. The minimum atomic E-state index is -4.62. The molecule has 11 heteroatoms. The highest BCUT2D eigenvalue weighted by atomic mass is 35.5. The predicted molar refractivity (Wildman–Crippen MR) is 132 cm³/mol. The number of hydrogen-bond donors (Lipinski definition) is 2. The van der Waals surface area contributed by atoms with Gasteiger partial charge in [0.1, 0.15) is 5.75 Å². The highest BCUT2D eigenvalue weighted by molar-refractivity contribution is 7.92. The van der Waals surface area contributed by atoms with Gasteiger partial charge in [-0.3, -0.25) is 9.52 Å². The maximum absolute atomic E-state index is 12.9. The van der Waals surface area contributed by atoms with Gasteiger partial charge in [0.2, 0.25) is 0 Å². The van der Waals surface area contributed by atoms with E-state index < -0.39 is 21.8 Å². The van der Waals surface area contributed by atoms with E-state index in [0.29, 0.717) is 6.07 Å². The Labute approximate surface area is 212 Å². The minimum Gasteiger partial charge on any atom is -0.482 e. The molecule has 0 radical (unpaired) electrons. The summed E-state index contributed by atoms with van der Waals surface area (Å²) in [6, 6.07) is 17.1. The fourth-order valence-electron chi connectivity index (χ4n) is 3.30. The van der Waals surface area contributed by atoms with Crippen molar-refractivity contribution in [3.63, 3.8) is 0 Å². The van der Waals surface area contributed by atoms with Gasteiger partial charge in [-0.05, 0) is 61.7 Å². The summed E-state index contributed by atoms with van der Waals surface area (Å²) >= 11 is 6.13. The van der Waals surface area contributed by atoms with Gasteiger partial charge < -0.3 is 10.1 Å². The molecular formula is C25H24ClF3N2O4S. The Balaban J connectivity index is 1.56. The molecule has 3 aromatic rings. The minimum absolute atomic E-state index is 0.0770. The number of nitrogens with one attached hydrogen (secondary N) is 2. The summed E-state index contributed by atoms with van der Waals surface area (Å²) in [5, 5.41) is 2.75. The molecule has 0 aliphatic heterocycles. The Morgan fingerprint density at radius 3 is 2.42 bits per heavy atom. The third-order valence-electron chi connectivity index (χ3n) is 5.13. The van der Waals surface area contributed by atoms with Crippen LogP contribution >= 0.6 is 11.6 Å². The van der Waals surface area contributed by atoms with E-state index in [1.807, 2.05) is 37.3 Å². The standard InChI is InChI=1S/C25H24ClF3N2O4S/c1-17(10-11-18-6-3-2-4-7-18)30-24(32)16-35-23-13-12-21(15-22(23)26)36(33,34)31-20-9-5-8-19(14-20)25(27,28)29/h2-9,12-15,17,31H,10-11,16H2,1H3,(H,30,32)/t17-/m1/s1. The van der Waals surface area contributed by atoms with Crippen LogP contribution in [0.4, 0.5) is 18.9 Å². The zero-order valence-corrected chi connectivity index (χ0v) is 20.8. The maximum Gasteiger partial charge on any atom is 0.416 e. The van der Waals surface area contributed by atoms with Crippen LogP contribution in [0.2, 0.25) is 5.02 Å². The van der Waals surface area contributed by atoms with E-state index in [4.69, 9.17) is 16.3 Å². The molecule has 3 rings (SSSR count). The highest BCUT2D eigenvalue weighted by Gasteiger charge is 2.30. The van der Waals surface area contributed by atoms with E-state index in [9.17, 15) is 26.4 Å².